The van der Waals surface area contributed by atoms with Crippen molar-refractivity contribution in [2.45, 2.75) is 110 Å². The van der Waals surface area contributed by atoms with Crippen LogP contribution in [0.5, 0.6) is 0 Å². The number of allylic oxidation sites excluding steroid dienone is 2. The van der Waals surface area contributed by atoms with Crippen LogP contribution in [0.2, 0.25) is 18.1 Å². The minimum atomic E-state index is -2.18. The van der Waals surface area contributed by atoms with Crippen molar-refractivity contribution in [1.82, 2.24) is 0 Å². The van der Waals surface area contributed by atoms with Gasteiger partial charge in [0.15, 0.2) is 0 Å². The van der Waals surface area contributed by atoms with Crippen molar-refractivity contribution >= 4 is 19.9 Å². The Hall–Kier alpha value is -1.20. The number of ketones is 2. The zero-order valence-corrected chi connectivity index (χ0v) is 23.1. The average Bonchev–Trinajstić information content (AvgIpc) is 2.92. The second kappa shape index (κ2) is 7.40. The molecule has 0 aromatic carbocycles. The highest BCUT2D eigenvalue weighted by Gasteiger charge is 2.68. The van der Waals surface area contributed by atoms with E-state index in [1.807, 2.05) is 13.8 Å². The van der Waals surface area contributed by atoms with Gasteiger partial charge in [-0.05, 0) is 75.4 Å². The molecule has 0 radical (unpaired) electrons. The number of carbonyl (C=O) groups excluding carboxylic acids is 2. The van der Waals surface area contributed by atoms with Crippen LogP contribution in [0.4, 0.5) is 0 Å². The highest BCUT2D eigenvalue weighted by molar-refractivity contribution is 6.74. The van der Waals surface area contributed by atoms with Gasteiger partial charge in [-0.1, -0.05) is 39.8 Å². The Morgan fingerprint density at radius 2 is 1.76 bits per heavy atom. The number of rotatable bonds is 3. The van der Waals surface area contributed by atoms with Crippen LogP contribution in [0.1, 0.15) is 86.5 Å². The van der Waals surface area contributed by atoms with Crippen LogP contribution in [0.25, 0.3) is 0 Å². The minimum Gasteiger partial charge on any atom is -0.546 e. The van der Waals surface area contributed by atoms with E-state index in [1.165, 1.54) is 0 Å². The molecule has 6 atom stereocenters. The molecule has 4 nitrogen and oxygen atoms in total. The van der Waals surface area contributed by atoms with E-state index < -0.39 is 24.7 Å². The van der Waals surface area contributed by atoms with Gasteiger partial charge < -0.3 is 9.53 Å². The second-order valence-electron chi connectivity index (χ2n) is 13.5. The first kappa shape index (κ1) is 24.9. The van der Waals surface area contributed by atoms with Crippen LogP contribution in [-0.2, 0) is 14.0 Å². The Labute approximate surface area is 201 Å². The van der Waals surface area contributed by atoms with Gasteiger partial charge >= 0.3 is 0 Å². The topological polar surface area (TPSA) is 63.6 Å². The molecule has 0 unspecified atom stereocenters. The zero-order valence-electron chi connectivity index (χ0n) is 22.1. The monoisotopic (exact) mass is 472 g/mol. The van der Waals surface area contributed by atoms with E-state index in [9.17, 15) is 14.7 Å². The summed E-state index contributed by atoms with van der Waals surface area (Å²) < 4.78 is 7.00. The summed E-state index contributed by atoms with van der Waals surface area (Å²) in [5, 5.41) is 12.3. The van der Waals surface area contributed by atoms with Crippen LogP contribution < -0.4 is 0 Å². The van der Waals surface area contributed by atoms with Gasteiger partial charge in [-0.15, -0.1) is 0 Å². The molecular formula is C28H44O4Si. The number of aliphatic hydroxyl groups is 1. The van der Waals surface area contributed by atoms with Gasteiger partial charge in [-0.25, -0.2) is 0 Å². The number of hydrogen-bond acceptors (Lipinski definition) is 4. The highest BCUT2D eigenvalue weighted by Crippen LogP contribution is 2.66. The summed E-state index contributed by atoms with van der Waals surface area (Å²) in [6, 6.07) is 0. The Morgan fingerprint density at radius 1 is 1.12 bits per heavy atom. The number of fused-ring (bicyclic) bond motifs is 5. The summed E-state index contributed by atoms with van der Waals surface area (Å²) in [6.07, 6.45) is 4.42. The molecular weight excluding hydrogens is 428 g/mol. The second-order valence-corrected chi connectivity index (χ2v) is 18.2. The van der Waals surface area contributed by atoms with Gasteiger partial charge in [-0.2, -0.15) is 0 Å². The van der Waals surface area contributed by atoms with Crippen molar-refractivity contribution in [3.63, 3.8) is 0 Å². The lowest BCUT2D eigenvalue weighted by Gasteiger charge is -2.59. The van der Waals surface area contributed by atoms with Gasteiger partial charge in [0.05, 0.1) is 11.2 Å². The van der Waals surface area contributed by atoms with E-state index in [0.29, 0.717) is 37.9 Å². The Balaban J connectivity index is 1.90. The molecule has 0 aromatic heterocycles. The maximum atomic E-state index is 13.8. The van der Waals surface area contributed by atoms with Crippen molar-refractivity contribution in [3.8, 4) is 0 Å². The third kappa shape index (κ3) is 3.31. The van der Waals surface area contributed by atoms with Gasteiger partial charge in [0.2, 0.25) is 8.32 Å². The Bertz CT molecular complexity index is 940. The van der Waals surface area contributed by atoms with Crippen LogP contribution >= 0.6 is 0 Å². The van der Waals surface area contributed by atoms with E-state index >= 15 is 0 Å². The van der Waals surface area contributed by atoms with E-state index in [1.54, 1.807) is 0 Å². The fraction of sp³-hybridized carbons (Fsp3) is 0.786. The average molecular weight is 473 g/mol. The molecule has 4 aliphatic carbocycles. The third-order valence-electron chi connectivity index (χ3n) is 10.8. The first-order chi connectivity index (χ1) is 15.0. The normalized spacial score (nSPS) is 41.4. The fourth-order valence-corrected chi connectivity index (χ4v) is 8.24. The Kier molecular flexibility index (Phi) is 5.58. The molecule has 184 valence electrons. The van der Waals surface area contributed by atoms with Crippen LogP contribution in [0.3, 0.4) is 0 Å². The summed E-state index contributed by atoms with van der Waals surface area (Å²) in [6.45, 7) is 21.5. The molecule has 3 saturated carbocycles. The first-order valence-corrected chi connectivity index (χ1v) is 15.8. The zero-order chi connectivity index (χ0) is 24.8. The van der Waals surface area contributed by atoms with Crippen molar-refractivity contribution in [1.29, 1.82) is 0 Å². The minimum absolute atomic E-state index is 0.0194. The van der Waals surface area contributed by atoms with Gasteiger partial charge in [-0.3, -0.25) is 9.59 Å². The summed E-state index contributed by atoms with van der Waals surface area (Å²) in [4.78, 5) is 26.8. The smallest absolute Gasteiger partial charge is 0.250 e. The lowest BCUT2D eigenvalue weighted by atomic mass is 9.46. The summed E-state index contributed by atoms with van der Waals surface area (Å²) in [5.74, 6) is 1.71. The fourth-order valence-electron chi connectivity index (χ4n) is 7.13. The van der Waals surface area contributed by atoms with Crippen LogP contribution in [-0.4, -0.2) is 30.6 Å². The highest BCUT2D eigenvalue weighted by atomic mass is 28.4. The van der Waals surface area contributed by atoms with Crippen molar-refractivity contribution in [2.24, 2.45) is 28.6 Å². The van der Waals surface area contributed by atoms with Crippen molar-refractivity contribution in [3.05, 3.63) is 23.5 Å². The van der Waals surface area contributed by atoms with E-state index in [0.717, 1.165) is 29.7 Å². The number of hydrogen-bond donors (Lipinski definition) is 1. The van der Waals surface area contributed by atoms with Gasteiger partial charge in [0, 0.05) is 30.3 Å². The number of carbonyl (C=O) groups is 2. The van der Waals surface area contributed by atoms with E-state index in [4.69, 9.17) is 4.43 Å². The molecule has 5 heteroatoms. The van der Waals surface area contributed by atoms with Crippen LogP contribution in [0, 0.1) is 28.6 Å². The maximum Gasteiger partial charge on any atom is 0.250 e. The van der Waals surface area contributed by atoms with E-state index in [2.05, 4.69) is 47.4 Å². The van der Waals surface area contributed by atoms with Crippen LogP contribution in [0.15, 0.2) is 23.5 Å². The van der Waals surface area contributed by atoms with Gasteiger partial charge in [0.1, 0.15) is 17.2 Å². The predicted octanol–water partition coefficient (Wildman–Crippen LogP) is 6.35. The molecule has 0 amide bonds. The SMILES string of the molecule is C=C(C)[C@@H]1CC(=O)[C@]2(C)[C@@H](CC(O[Si](C)(C)C(C)(C)C)=C3[C@H]2CC[C@@]2(C)C(=O)CC[C@]32O)C1. The first-order valence-electron chi connectivity index (χ1n) is 12.9. The molecule has 0 aromatic rings. The number of Topliss-reactive ketones (excluding diaryl/α,β-unsaturated/α-hetero) is 2. The molecule has 0 spiro atoms. The summed E-state index contributed by atoms with van der Waals surface area (Å²) >= 11 is 0. The molecule has 4 aliphatic rings. The third-order valence-corrected chi connectivity index (χ3v) is 15.1. The van der Waals surface area contributed by atoms with Crippen molar-refractivity contribution < 1.29 is 19.1 Å². The molecule has 0 bridgehead atoms. The molecule has 0 aliphatic heterocycles. The molecule has 3 fully saturated rings. The van der Waals surface area contributed by atoms with Gasteiger partial charge in [0.25, 0.3) is 0 Å². The molecule has 1 N–H and O–H groups in total. The largest absolute Gasteiger partial charge is 0.546 e. The maximum absolute atomic E-state index is 13.8. The standard InChI is InChI=1S/C28H44O4Si/c1-17(2)18-14-19-16-21(32-33(8,9)25(3,4)5)24-20(27(19,7)23(30)15-18)10-12-26(6)22(29)11-13-28(24,26)31/h18-20,31H,1,10-16H2,2-9H3/t18-,19+,20+,26-,27+,28-/m0/s1. The lowest BCUT2D eigenvalue weighted by Crippen LogP contribution is -2.61. The Morgan fingerprint density at radius 3 is 2.33 bits per heavy atom. The molecule has 0 saturated heterocycles. The predicted molar refractivity (Wildman–Crippen MR) is 134 cm³/mol. The molecule has 4 rings (SSSR count). The summed E-state index contributed by atoms with van der Waals surface area (Å²) in [5.41, 5.74) is -0.493. The molecule has 0 heterocycles. The quantitative estimate of drug-likeness (QED) is 0.384. The lowest BCUT2D eigenvalue weighted by molar-refractivity contribution is -0.151. The van der Waals surface area contributed by atoms with E-state index in [-0.39, 0.29) is 28.6 Å². The van der Waals surface area contributed by atoms with Crippen molar-refractivity contribution in [2.75, 3.05) is 0 Å². The molecule has 33 heavy (non-hydrogen) atoms. The summed E-state index contributed by atoms with van der Waals surface area (Å²) in [7, 11) is -2.18.